The molecule has 1 N–H and O–H groups in total. The van der Waals surface area contributed by atoms with Gasteiger partial charge in [0.15, 0.2) is 0 Å². The van der Waals surface area contributed by atoms with Crippen molar-refractivity contribution in [3.63, 3.8) is 0 Å². The molecule has 0 saturated carbocycles. The lowest BCUT2D eigenvalue weighted by molar-refractivity contribution is -0.186. The maximum atomic E-state index is 10.2. The molecular formula is C16H14O5. The van der Waals surface area contributed by atoms with Crippen LogP contribution in [0.15, 0.2) is 60.7 Å². The number of carbonyl (C=O) groups excluding carboxylic acids is 1. The van der Waals surface area contributed by atoms with Crippen LogP contribution in [0.1, 0.15) is 17.4 Å². The number of benzene rings is 2. The molecule has 5 nitrogen and oxygen atoms in total. The number of ether oxygens (including phenoxy) is 2. The average Bonchev–Trinajstić information content (AvgIpc) is 2.46. The Kier molecular flexibility index (Phi) is 4.93. The fourth-order valence-corrected chi connectivity index (χ4v) is 1.70. The second kappa shape index (κ2) is 7.09. The quantitative estimate of drug-likeness (QED) is 0.877. The van der Waals surface area contributed by atoms with Crippen LogP contribution in [0.25, 0.3) is 0 Å². The van der Waals surface area contributed by atoms with E-state index in [0.29, 0.717) is 0 Å². The smallest absolute Gasteiger partial charge is 0.481 e. The maximum absolute atomic E-state index is 10.2. The average molecular weight is 286 g/mol. The maximum Gasteiger partial charge on any atom is 0.515 e. The van der Waals surface area contributed by atoms with Gasteiger partial charge in [0, 0.05) is 5.56 Å². The lowest BCUT2D eigenvalue weighted by Crippen LogP contribution is -2.27. The molecule has 1 heterocycles. The van der Waals surface area contributed by atoms with Crippen LogP contribution in [-0.4, -0.2) is 17.2 Å². The van der Waals surface area contributed by atoms with Crippen LogP contribution in [0, 0.1) is 0 Å². The Labute approximate surface area is 121 Å². The summed E-state index contributed by atoms with van der Waals surface area (Å²) in [5, 5.41) is 8.37. The third-order valence-electron chi connectivity index (χ3n) is 2.68. The number of carbonyl (C=O) groups is 2. The van der Waals surface area contributed by atoms with Crippen LogP contribution >= 0.6 is 0 Å². The van der Waals surface area contributed by atoms with Crippen molar-refractivity contribution in [3.05, 3.63) is 71.8 Å². The Balaban J connectivity index is 0.000000155. The third-order valence-corrected chi connectivity index (χ3v) is 2.68. The minimum atomic E-state index is -0.786. The van der Waals surface area contributed by atoms with Gasteiger partial charge in [0.05, 0.1) is 6.42 Å². The topological polar surface area (TPSA) is 72.8 Å². The highest BCUT2D eigenvalue weighted by molar-refractivity contribution is 5.70. The van der Waals surface area contributed by atoms with Gasteiger partial charge >= 0.3 is 12.1 Å². The van der Waals surface area contributed by atoms with E-state index >= 15 is 0 Å². The van der Waals surface area contributed by atoms with Crippen molar-refractivity contribution in [1.82, 2.24) is 0 Å². The monoisotopic (exact) mass is 286 g/mol. The predicted octanol–water partition coefficient (Wildman–Crippen LogP) is 3.17. The molecule has 1 fully saturated rings. The van der Waals surface area contributed by atoms with Gasteiger partial charge < -0.3 is 14.6 Å². The molecule has 1 aliphatic rings. The number of cyclic esters (lactones) is 2. The van der Waals surface area contributed by atoms with Gasteiger partial charge in [-0.15, -0.1) is 0 Å². The summed E-state index contributed by atoms with van der Waals surface area (Å²) in [5.74, 6) is -0.786. The van der Waals surface area contributed by atoms with Crippen molar-refractivity contribution in [2.75, 3.05) is 0 Å². The summed E-state index contributed by atoms with van der Waals surface area (Å²) in [6, 6.07) is 18.4. The highest BCUT2D eigenvalue weighted by Gasteiger charge is 2.31. The molecule has 0 atom stereocenters. The van der Waals surface area contributed by atoms with Crippen LogP contribution in [-0.2, 0) is 20.7 Å². The molecule has 0 spiro atoms. The summed E-state index contributed by atoms with van der Waals surface area (Å²) in [4.78, 5) is 20.4. The molecule has 0 radical (unpaired) electrons. The number of hydrogen-bond acceptors (Lipinski definition) is 4. The molecule has 2 aromatic carbocycles. The molecule has 0 unspecified atom stereocenters. The van der Waals surface area contributed by atoms with Gasteiger partial charge in [0.2, 0.25) is 0 Å². The minimum Gasteiger partial charge on any atom is -0.481 e. The first-order valence-corrected chi connectivity index (χ1v) is 6.33. The molecule has 0 bridgehead atoms. The van der Waals surface area contributed by atoms with E-state index in [0.717, 1.165) is 11.1 Å². The number of rotatable bonds is 3. The van der Waals surface area contributed by atoms with Gasteiger partial charge in [-0.1, -0.05) is 60.7 Å². The molecule has 1 saturated heterocycles. The van der Waals surface area contributed by atoms with Crippen LogP contribution in [0.5, 0.6) is 0 Å². The van der Waals surface area contributed by atoms with Crippen LogP contribution in [0.2, 0.25) is 0 Å². The highest BCUT2D eigenvalue weighted by atomic mass is 16.9. The lowest BCUT2D eigenvalue weighted by Gasteiger charge is -2.25. The summed E-state index contributed by atoms with van der Waals surface area (Å²) in [6.07, 6.45) is -0.969. The van der Waals surface area contributed by atoms with Gasteiger partial charge in [-0.3, -0.25) is 4.79 Å². The van der Waals surface area contributed by atoms with Crippen LogP contribution in [0.4, 0.5) is 4.79 Å². The zero-order valence-corrected chi connectivity index (χ0v) is 11.1. The van der Waals surface area contributed by atoms with E-state index in [-0.39, 0.29) is 6.42 Å². The Bertz CT molecular complexity index is 587. The largest absolute Gasteiger partial charge is 0.515 e. The second-order valence-corrected chi connectivity index (χ2v) is 4.28. The minimum absolute atomic E-state index is 0.112. The van der Waals surface area contributed by atoms with Crippen molar-refractivity contribution in [2.45, 2.75) is 12.7 Å². The Hall–Kier alpha value is -2.82. The van der Waals surface area contributed by atoms with E-state index < -0.39 is 18.4 Å². The molecule has 0 aliphatic carbocycles. The zero-order valence-electron chi connectivity index (χ0n) is 11.1. The molecule has 1 aliphatic heterocycles. The summed E-state index contributed by atoms with van der Waals surface area (Å²) < 4.78 is 9.33. The van der Waals surface area contributed by atoms with Gasteiger partial charge in [0.1, 0.15) is 0 Å². The van der Waals surface area contributed by atoms with E-state index in [9.17, 15) is 9.59 Å². The molecule has 0 aromatic heterocycles. The Morgan fingerprint density at radius 2 is 1.48 bits per heavy atom. The first-order chi connectivity index (χ1) is 10.1. The van der Waals surface area contributed by atoms with Gasteiger partial charge in [-0.2, -0.15) is 0 Å². The van der Waals surface area contributed by atoms with Crippen LogP contribution in [0.3, 0.4) is 0 Å². The SMILES string of the molecule is O=C(O)Cc1ccccc1.O=C1OC(c2ccccc2)O1. The van der Waals surface area contributed by atoms with E-state index in [1.54, 1.807) is 12.1 Å². The van der Waals surface area contributed by atoms with E-state index in [2.05, 4.69) is 9.47 Å². The van der Waals surface area contributed by atoms with Crippen LogP contribution < -0.4 is 0 Å². The molecule has 2 aromatic rings. The first-order valence-electron chi connectivity index (χ1n) is 6.33. The molecule has 108 valence electrons. The zero-order chi connectivity index (χ0) is 15.1. The van der Waals surface area contributed by atoms with Crippen molar-refractivity contribution in [2.24, 2.45) is 0 Å². The van der Waals surface area contributed by atoms with Gasteiger partial charge in [-0.05, 0) is 5.56 Å². The normalized spacial score (nSPS) is 13.0. The molecular weight excluding hydrogens is 272 g/mol. The van der Waals surface area contributed by atoms with Crippen molar-refractivity contribution < 1.29 is 24.2 Å². The van der Waals surface area contributed by atoms with Crippen molar-refractivity contribution in [3.8, 4) is 0 Å². The fraction of sp³-hybridized carbons (Fsp3) is 0.125. The number of aliphatic carboxylic acids is 1. The number of hydrogen-bond donors (Lipinski definition) is 1. The predicted molar refractivity (Wildman–Crippen MR) is 74.5 cm³/mol. The first kappa shape index (κ1) is 14.6. The summed E-state index contributed by atoms with van der Waals surface area (Å²) in [6.45, 7) is 0. The molecule has 5 heteroatoms. The van der Waals surface area contributed by atoms with Gasteiger partial charge in [0.25, 0.3) is 6.29 Å². The summed E-state index contributed by atoms with van der Waals surface area (Å²) >= 11 is 0. The lowest BCUT2D eigenvalue weighted by atomic mass is 10.2. The standard InChI is InChI=1S/C8H6O3.C8H8O2/c9-8-10-7(11-8)6-4-2-1-3-5-6;9-8(10)6-7-4-2-1-3-5-7/h1-5,7H;1-5H,6H2,(H,9,10). The number of carboxylic acid groups (broad SMARTS) is 1. The van der Waals surface area contributed by atoms with Crippen molar-refractivity contribution in [1.29, 1.82) is 0 Å². The van der Waals surface area contributed by atoms with Gasteiger partial charge in [-0.25, -0.2) is 4.79 Å². The van der Waals surface area contributed by atoms with E-state index in [1.807, 2.05) is 48.5 Å². The molecule has 0 amide bonds. The second-order valence-electron chi connectivity index (χ2n) is 4.28. The third kappa shape index (κ3) is 4.65. The van der Waals surface area contributed by atoms with E-state index in [1.165, 1.54) is 0 Å². The summed E-state index contributed by atoms with van der Waals surface area (Å²) in [5.41, 5.74) is 1.71. The van der Waals surface area contributed by atoms with E-state index in [4.69, 9.17) is 5.11 Å². The number of carboxylic acids is 1. The summed E-state index contributed by atoms with van der Waals surface area (Å²) in [7, 11) is 0. The molecule has 3 rings (SSSR count). The van der Waals surface area contributed by atoms with Crippen molar-refractivity contribution >= 4 is 12.1 Å². The fourth-order valence-electron chi connectivity index (χ4n) is 1.70. The Morgan fingerprint density at radius 1 is 0.952 bits per heavy atom. The molecule has 21 heavy (non-hydrogen) atoms. The highest BCUT2D eigenvalue weighted by Crippen LogP contribution is 2.27. The Morgan fingerprint density at radius 3 is 1.95 bits per heavy atom.